The summed E-state index contributed by atoms with van der Waals surface area (Å²) in [6.45, 7) is 5.12. The third-order valence-corrected chi connectivity index (χ3v) is 4.64. The Morgan fingerprint density at radius 2 is 1.75 bits per heavy atom. The Morgan fingerprint density at radius 3 is 2.33 bits per heavy atom. The van der Waals surface area contributed by atoms with Crippen LogP contribution < -0.4 is 0 Å². The highest BCUT2D eigenvalue weighted by molar-refractivity contribution is 6.07. The number of carbonyl (C=O) groups excluding carboxylic acids is 1. The van der Waals surface area contributed by atoms with Crippen molar-refractivity contribution in [3.05, 3.63) is 76.5 Å². The number of hydrogen-bond acceptors (Lipinski definition) is 4. The van der Waals surface area contributed by atoms with Crippen LogP contribution in [0.5, 0.6) is 0 Å². The van der Waals surface area contributed by atoms with E-state index in [0.717, 1.165) is 10.6 Å². The average molecular weight is 324 g/mol. The summed E-state index contributed by atoms with van der Waals surface area (Å²) >= 11 is 0. The Kier molecular flexibility index (Phi) is 3.99. The molecule has 24 heavy (non-hydrogen) atoms. The van der Waals surface area contributed by atoms with Crippen molar-refractivity contribution in [2.75, 3.05) is 0 Å². The molecule has 5 heteroatoms. The minimum Gasteiger partial charge on any atom is -0.622 e. The number of Topliss-reactive ketones (excluding diaryl/α,β-unsaturated/α-hetero) is 1. The van der Waals surface area contributed by atoms with E-state index in [1.165, 1.54) is 6.92 Å². The van der Waals surface area contributed by atoms with E-state index in [1.807, 2.05) is 31.2 Å². The molecule has 1 N–H and O–H groups in total. The second-order valence-electron chi connectivity index (χ2n) is 6.28. The molecule has 1 heterocycles. The Labute approximate surface area is 141 Å². The molecule has 0 unspecified atom stereocenters. The molecule has 0 bridgehead atoms. The molecule has 3 rings (SSSR count). The van der Waals surface area contributed by atoms with E-state index < -0.39 is 17.5 Å². The zero-order chi connectivity index (χ0) is 17.5. The van der Waals surface area contributed by atoms with Crippen molar-refractivity contribution in [3.8, 4) is 0 Å². The highest BCUT2D eigenvalue weighted by Crippen LogP contribution is 2.31. The fourth-order valence-electron chi connectivity index (χ4n) is 3.13. The first-order valence-corrected chi connectivity index (χ1v) is 7.86. The van der Waals surface area contributed by atoms with Gasteiger partial charge in [0, 0.05) is 18.1 Å². The molecule has 0 saturated heterocycles. The summed E-state index contributed by atoms with van der Waals surface area (Å²) in [5, 5.41) is 24.4. The van der Waals surface area contributed by atoms with Gasteiger partial charge in [0.05, 0.1) is 0 Å². The SMILES string of the molecule is Cc1ccc(C2=[N+]([O-])[C@@](C)(C(=O)c3ccccc3)N(O)[C@@H]2C)cc1. The van der Waals surface area contributed by atoms with Crippen LogP contribution in [0.4, 0.5) is 0 Å². The van der Waals surface area contributed by atoms with Crippen LogP contribution in [0.2, 0.25) is 0 Å². The number of ketones is 1. The van der Waals surface area contributed by atoms with Gasteiger partial charge in [-0.1, -0.05) is 48.0 Å². The van der Waals surface area contributed by atoms with Gasteiger partial charge in [-0.25, -0.2) is 0 Å². The van der Waals surface area contributed by atoms with Gasteiger partial charge in [-0.2, -0.15) is 4.74 Å². The van der Waals surface area contributed by atoms with E-state index in [2.05, 4.69) is 0 Å². The van der Waals surface area contributed by atoms with Crippen molar-refractivity contribution < 1.29 is 14.7 Å². The quantitative estimate of drug-likeness (QED) is 0.535. The normalized spacial score (nSPS) is 24.4. The standard InChI is InChI=1S/C19H20N2O3/c1-13-9-11-15(12-10-13)17-14(2)20(23)19(3,21(17)24)18(22)16-7-5-4-6-8-16/h4-12,14,23H,1-3H3/t14-,19+/m1/s1. The third kappa shape index (κ3) is 2.33. The van der Waals surface area contributed by atoms with Gasteiger partial charge in [-0.15, -0.1) is 5.06 Å². The minimum absolute atomic E-state index is 0.379. The lowest BCUT2D eigenvalue weighted by Gasteiger charge is -2.27. The Balaban J connectivity index is 2.11. The number of hydroxylamine groups is 3. The minimum atomic E-state index is -1.69. The first-order chi connectivity index (χ1) is 11.4. The van der Waals surface area contributed by atoms with Crippen LogP contribution in [-0.2, 0) is 0 Å². The van der Waals surface area contributed by atoms with E-state index >= 15 is 0 Å². The maximum Gasteiger partial charge on any atom is 0.312 e. The van der Waals surface area contributed by atoms with Crippen LogP contribution in [0, 0.1) is 12.1 Å². The zero-order valence-electron chi connectivity index (χ0n) is 13.9. The van der Waals surface area contributed by atoms with Crippen molar-refractivity contribution >= 4 is 11.5 Å². The molecule has 124 valence electrons. The Bertz CT molecular complexity index is 799. The number of nitrogens with zero attached hydrogens (tertiary/aromatic N) is 2. The molecular weight excluding hydrogens is 304 g/mol. The molecule has 1 aliphatic heterocycles. The smallest absolute Gasteiger partial charge is 0.312 e. The summed E-state index contributed by atoms with van der Waals surface area (Å²) < 4.78 is 0.637. The van der Waals surface area contributed by atoms with Crippen LogP contribution in [0.15, 0.2) is 54.6 Å². The monoisotopic (exact) mass is 324 g/mol. The molecule has 0 spiro atoms. The highest BCUT2D eigenvalue weighted by Gasteiger charge is 2.58. The van der Waals surface area contributed by atoms with Crippen molar-refractivity contribution in [1.82, 2.24) is 5.06 Å². The van der Waals surface area contributed by atoms with Gasteiger partial charge < -0.3 is 10.4 Å². The van der Waals surface area contributed by atoms with Gasteiger partial charge in [0.2, 0.25) is 5.71 Å². The maximum absolute atomic E-state index is 13.0. The summed E-state index contributed by atoms with van der Waals surface area (Å²) in [4.78, 5) is 12.9. The summed E-state index contributed by atoms with van der Waals surface area (Å²) in [6.07, 6.45) is 0. The van der Waals surface area contributed by atoms with Gasteiger partial charge in [0.1, 0.15) is 6.04 Å². The average Bonchev–Trinajstić information content (AvgIpc) is 2.78. The second-order valence-corrected chi connectivity index (χ2v) is 6.28. The second kappa shape index (κ2) is 5.85. The molecule has 0 fully saturated rings. The lowest BCUT2D eigenvalue weighted by Crippen LogP contribution is -2.54. The summed E-state index contributed by atoms with van der Waals surface area (Å²) in [5.74, 6) is -0.436. The first kappa shape index (κ1) is 16.4. The van der Waals surface area contributed by atoms with Crippen molar-refractivity contribution in [3.63, 3.8) is 0 Å². The van der Waals surface area contributed by atoms with Crippen LogP contribution in [0.25, 0.3) is 0 Å². The van der Waals surface area contributed by atoms with Gasteiger partial charge in [0.15, 0.2) is 0 Å². The lowest BCUT2D eigenvalue weighted by molar-refractivity contribution is -0.561. The van der Waals surface area contributed by atoms with Crippen LogP contribution in [0.1, 0.15) is 35.3 Å². The molecule has 5 nitrogen and oxygen atoms in total. The number of benzene rings is 2. The van der Waals surface area contributed by atoms with Crippen molar-refractivity contribution in [2.45, 2.75) is 32.5 Å². The topological polar surface area (TPSA) is 66.6 Å². The maximum atomic E-state index is 13.0. The Morgan fingerprint density at radius 1 is 1.17 bits per heavy atom. The summed E-state index contributed by atoms with van der Waals surface area (Å²) in [6, 6.07) is 15.4. The van der Waals surface area contributed by atoms with Crippen molar-refractivity contribution in [2.24, 2.45) is 0 Å². The predicted octanol–water partition coefficient (Wildman–Crippen LogP) is 2.99. The molecule has 0 saturated carbocycles. The predicted molar refractivity (Wildman–Crippen MR) is 91.2 cm³/mol. The molecule has 2 aromatic carbocycles. The van der Waals surface area contributed by atoms with Crippen molar-refractivity contribution in [1.29, 1.82) is 0 Å². The number of carbonyl (C=O) groups is 1. The zero-order valence-corrected chi connectivity index (χ0v) is 13.9. The molecule has 0 amide bonds. The van der Waals surface area contributed by atoms with E-state index in [-0.39, 0.29) is 0 Å². The van der Waals surface area contributed by atoms with Gasteiger partial charge in [-0.3, -0.25) is 4.79 Å². The summed E-state index contributed by atoms with van der Waals surface area (Å²) in [7, 11) is 0. The van der Waals surface area contributed by atoms with E-state index in [9.17, 15) is 15.2 Å². The summed E-state index contributed by atoms with van der Waals surface area (Å²) in [5.41, 5.74) is 0.848. The van der Waals surface area contributed by atoms with Crippen LogP contribution >= 0.6 is 0 Å². The van der Waals surface area contributed by atoms with Gasteiger partial charge in [-0.05, 0) is 26.0 Å². The Hall–Kier alpha value is -2.50. The molecular formula is C19H20N2O3. The van der Waals surface area contributed by atoms with Crippen LogP contribution in [-0.4, -0.2) is 38.2 Å². The van der Waals surface area contributed by atoms with Gasteiger partial charge >= 0.3 is 5.66 Å². The molecule has 0 aliphatic carbocycles. The first-order valence-electron chi connectivity index (χ1n) is 7.86. The molecule has 1 aliphatic rings. The molecule has 0 radical (unpaired) electrons. The largest absolute Gasteiger partial charge is 0.622 e. The molecule has 0 aromatic heterocycles. The van der Waals surface area contributed by atoms with E-state index in [0.29, 0.717) is 21.6 Å². The van der Waals surface area contributed by atoms with Crippen LogP contribution in [0.3, 0.4) is 0 Å². The van der Waals surface area contributed by atoms with E-state index in [1.54, 1.807) is 37.3 Å². The fourth-order valence-corrected chi connectivity index (χ4v) is 3.13. The number of aryl methyl sites for hydroxylation is 1. The molecule has 2 aromatic rings. The number of rotatable bonds is 3. The highest BCUT2D eigenvalue weighted by atomic mass is 16.6. The molecule has 2 atom stereocenters. The fraction of sp³-hybridized carbons (Fsp3) is 0.263. The lowest BCUT2D eigenvalue weighted by atomic mass is 10.00. The van der Waals surface area contributed by atoms with E-state index in [4.69, 9.17) is 0 Å². The third-order valence-electron chi connectivity index (χ3n) is 4.64. The number of hydrogen-bond donors (Lipinski definition) is 1. The van der Waals surface area contributed by atoms with Gasteiger partial charge in [0.25, 0.3) is 5.78 Å².